The van der Waals surface area contributed by atoms with Crippen molar-refractivity contribution in [3.63, 3.8) is 0 Å². The van der Waals surface area contributed by atoms with E-state index >= 15 is 0 Å². The second kappa shape index (κ2) is 8.29. The van der Waals surface area contributed by atoms with Crippen LogP contribution in [0.1, 0.15) is 13.3 Å². The number of carboxylic acids is 1. The number of carboxylic acid groups (broad SMARTS) is 1. The molecular weight excluding hydrogens is 242 g/mol. The Balaban J connectivity index is 4.20. The lowest BCUT2D eigenvalue weighted by Gasteiger charge is -2.21. The van der Waals surface area contributed by atoms with Crippen LogP contribution in [0.15, 0.2) is 0 Å². The molecule has 4 N–H and O–H groups in total. The molecule has 0 rings (SSSR count). The fraction of sp³-hybridized carbons (Fsp3) is 0.700. The van der Waals surface area contributed by atoms with Crippen molar-refractivity contribution in [1.29, 1.82) is 0 Å². The zero-order chi connectivity index (χ0) is 14.1. The molecule has 0 aromatic rings. The molecule has 3 amide bonds. The van der Waals surface area contributed by atoms with Crippen molar-refractivity contribution in [2.45, 2.75) is 19.4 Å². The number of primary amides is 1. The maximum absolute atomic E-state index is 11.6. The van der Waals surface area contributed by atoms with E-state index < -0.39 is 24.0 Å². The molecule has 0 aliphatic heterocycles. The first kappa shape index (κ1) is 16.2. The molecular formula is C10H19N3O5. The summed E-state index contributed by atoms with van der Waals surface area (Å²) in [6.45, 7) is 1.90. The van der Waals surface area contributed by atoms with E-state index in [1.807, 2.05) is 0 Å². The Labute approximate surface area is 105 Å². The van der Waals surface area contributed by atoms with Gasteiger partial charge in [0.15, 0.2) is 0 Å². The normalized spacial score (nSPS) is 11.7. The number of nitrogens with zero attached hydrogens (tertiary/aromatic N) is 1. The molecule has 0 radical (unpaired) electrons. The fourth-order valence-corrected chi connectivity index (χ4v) is 1.26. The summed E-state index contributed by atoms with van der Waals surface area (Å²) in [6, 6.07) is -0.483. The number of nitrogens with two attached hydrogens (primary N) is 1. The first-order valence-corrected chi connectivity index (χ1v) is 5.46. The smallest absolute Gasteiger partial charge is 0.317 e. The number of methoxy groups -OCH3 is 1. The predicted octanol–water partition coefficient (Wildman–Crippen LogP) is -1.01. The summed E-state index contributed by atoms with van der Waals surface area (Å²) in [5, 5.41) is 11.1. The molecule has 8 heteroatoms. The van der Waals surface area contributed by atoms with Crippen LogP contribution in [0.5, 0.6) is 0 Å². The van der Waals surface area contributed by atoms with Crippen LogP contribution in [0.3, 0.4) is 0 Å². The SMILES string of the molecule is CCN(CC(N)=O)C(=O)NCC(CC(=O)O)OC. The van der Waals surface area contributed by atoms with Crippen molar-refractivity contribution >= 4 is 17.9 Å². The van der Waals surface area contributed by atoms with Gasteiger partial charge in [-0.05, 0) is 6.92 Å². The number of aliphatic carboxylic acids is 1. The van der Waals surface area contributed by atoms with Crippen molar-refractivity contribution in [2.75, 3.05) is 26.7 Å². The molecule has 0 bridgehead atoms. The van der Waals surface area contributed by atoms with Crippen LogP contribution in [0.25, 0.3) is 0 Å². The van der Waals surface area contributed by atoms with Gasteiger partial charge in [-0.25, -0.2) is 4.79 Å². The molecule has 0 saturated heterocycles. The van der Waals surface area contributed by atoms with Crippen molar-refractivity contribution < 1.29 is 24.2 Å². The van der Waals surface area contributed by atoms with Crippen molar-refractivity contribution in [3.8, 4) is 0 Å². The van der Waals surface area contributed by atoms with Crippen molar-refractivity contribution in [1.82, 2.24) is 10.2 Å². The number of carbonyl (C=O) groups excluding carboxylic acids is 2. The molecule has 0 aromatic carbocycles. The molecule has 0 aliphatic carbocycles. The van der Waals surface area contributed by atoms with Crippen LogP contribution in [0.4, 0.5) is 4.79 Å². The second-order valence-corrected chi connectivity index (χ2v) is 3.62. The average Bonchev–Trinajstić information content (AvgIpc) is 2.30. The Morgan fingerprint density at radius 1 is 1.44 bits per heavy atom. The lowest BCUT2D eigenvalue weighted by molar-refractivity contribution is -0.139. The molecule has 0 aromatic heterocycles. The van der Waals surface area contributed by atoms with Crippen molar-refractivity contribution in [3.05, 3.63) is 0 Å². The zero-order valence-corrected chi connectivity index (χ0v) is 10.5. The molecule has 0 fully saturated rings. The van der Waals surface area contributed by atoms with Gasteiger partial charge >= 0.3 is 12.0 Å². The summed E-state index contributed by atoms with van der Waals surface area (Å²) >= 11 is 0. The maximum Gasteiger partial charge on any atom is 0.317 e. The third kappa shape index (κ3) is 6.69. The topological polar surface area (TPSA) is 122 Å². The summed E-state index contributed by atoms with van der Waals surface area (Å²) in [5.74, 6) is -1.62. The highest BCUT2D eigenvalue weighted by molar-refractivity contribution is 5.82. The van der Waals surface area contributed by atoms with E-state index in [4.69, 9.17) is 15.6 Å². The highest BCUT2D eigenvalue weighted by Gasteiger charge is 2.17. The Kier molecular flexibility index (Phi) is 7.45. The van der Waals surface area contributed by atoms with Gasteiger partial charge in [0.1, 0.15) is 6.54 Å². The first-order valence-electron chi connectivity index (χ1n) is 5.46. The van der Waals surface area contributed by atoms with Gasteiger partial charge in [-0.2, -0.15) is 0 Å². The number of carbonyl (C=O) groups is 3. The zero-order valence-electron chi connectivity index (χ0n) is 10.5. The molecule has 0 aliphatic rings. The highest BCUT2D eigenvalue weighted by atomic mass is 16.5. The predicted molar refractivity (Wildman–Crippen MR) is 62.9 cm³/mol. The van der Waals surface area contributed by atoms with E-state index in [9.17, 15) is 14.4 Å². The molecule has 0 heterocycles. The molecule has 1 unspecified atom stereocenters. The number of ether oxygens (including phenoxy) is 1. The van der Waals surface area contributed by atoms with E-state index in [2.05, 4.69) is 5.32 Å². The highest BCUT2D eigenvalue weighted by Crippen LogP contribution is 1.96. The van der Waals surface area contributed by atoms with Crippen LogP contribution < -0.4 is 11.1 Å². The van der Waals surface area contributed by atoms with Crippen LogP contribution >= 0.6 is 0 Å². The van der Waals surface area contributed by atoms with Gasteiger partial charge in [0.2, 0.25) is 5.91 Å². The Hall–Kier alpha value is -1.83. The monoisotopic (exact) mass is 261 g/mol. The van der Waals surface area contributed by atoms with E-state index in [0.29, 0.717) is 6.54 Å². The number of likely N-dealkylation sites (N-methyl/N-ethyl adjacent to an activating group) is 1. The van der Waals surface area contributed by atoms with E-state index in [1.165, 1.54) is 12.0 Å². The Morgan fingerprint density at radius 2 is 2.06 bits per heavy atom. The molecule has 18 heavy (non-hydrogen) atoms. The Bertz CT molecular complexity index is 308. The summed E-state index contributed by atoms with van der Waals surface area (Å²) in [4.78, 5) is 34.0. The number of rotatable bonds is 8. The van der Waals surface area contributed by atoms with E-state index in [1.54, 1.807) is 6.92 Å². The minimum atomic E-state index is -1.01. The second-order valence-electron chi connectivity index (χ2n) is 3.62. The number of hydrogen-bond donors (Lipinski definition) is 3. The maximum atomic E-state index is 11.6. The largest absolute Gasteiger partial charge is 0.481 e. The van der Waals surface area contributed by atoms with Crippen molar-refractivity contribution in [2.24, 2.45) is 5.73 Å². The van der Waals surface area contributed by atoms with Gasteiger partial charge in [-0.3, -0.25) is 9.59 Å². The standard InChI is InChI=1S/C10H19N3O5/c1-3-13(6-8(11)14)10(17)12-5-7(18-2)4-9(15)16/h7H,3-6H2,1-2H3,(H2,11,14)(H,12,17)(H,15,16). The van der Waals surface area contributed by atoms with E-state index in [0.717, 1.165) is 0 Å². The van der Waals surface area contributed by atoms with Crippen LogP contribution in [-0.4, -0.2) is 60.8 Å². The third-order valence-corrected chi connectivity index (χ3v) is 2.23. The van der Waals surface area contributed by atoms with Crippen LogP contribution in [0, 0.1) is 0 Å². The van der Waals surface area contributed by atoms with Gasteiger partial charge in [-0.1, -0.05) is 0 Å². The number of hydrogen-bond acceptors (Lipinski definition) is 4. The lowest BCUT2D eigenvalue weighted by atomic mass is 10.2. The summed E-state index contributed by atoms with van der Waals surface area (Å²) < 4.78 is 4.90. The van der Waals surface area contributed by atoms with Gasteiger partial charge in [0.25, 0.3) is 0 Å². The quantitative estimate of drug-likeness (QED) is 0.517. The minimum absolute atomic E-state index is 0.0525. The average molecular weight is 261 g/mol. The fourth-order valence-electron chi connectivity index (χ4n) is 1.26. The number of nitrogens with one attached hydrogen (secondary N) is 1. The summed E-state index contributed by atoms with van der Waals surface area (Å²) in [5.41, 5.74) is 4.99. The molecule has 0 spiro atoms. The van der Waals surface area contributed by atoms with Crippen LogP contribution in [0.2, 0.25) is 0 Å². The minimum Gasteiger partial charge on any atom is -0.481 e. The number of amides is 3. The van der Waals surface area contributed by atoms with E-state index in [-0.39, 0.29) is 19.5 Å². The first-order chi connectivity index (χ1) is 8.40. The molecule has 0 saturated carbocycles. The molecule has 1 atom stereocenters. The molecule has 8 nitrogen and oxygen atoms in total. The Morgan fingerprint density at radius 3 is 2.44 bits per heavy atom. The van der Waals surface area contributed by atoms with Gasteiger partial charge in [0, 0.05) is 20.2 Å². The summed E-state index contributed by atoms with van der Waals surface area (Å²) in [6.07, 6.45) is -0.822. The third-order valence-electron chi connectivity index (χ3n) is 2.23. The summed E-state index contributed by atoms with van der Waals surface area (Å²) in [7, 11) is 1.36. The molecule has 104 valence electrons. The van der Waals surface area contributed by atoms with Gasteiger partial charge < -0.3 is 25.8 Å². The number of urea groups is 1. The lowest BCUT2D eigenvalue weighted by Crippen LogP contribution is -2.46. The van der Waals surface area contributed by atoms with Crippen LogP contribution in [-0.2, 0) is 14.3 Å². The van der Waals surface area contributed by atoms with Gasteiger partial charge in [-0.15, -0.1) is 0 Å². The van der Waals surface area contributed by atoms with Gasteiger partial charge in [0.05, 0.1) is 12.5 Å².